The molecule has 0 fully saturated rings. The number of rotatable bonds is 10. The van der Waals surface area contributed by atoms with Crippen molar-refractivity contribution in [3.63, 3.8) is 0 Å². The summed E-state index contributed by atoms with van der Waals surface area (Å²) in [4.78, 5) is 27.1. The van der Waals surface area contributed by atoms with Crippen LogP contribution in [0.25, 0.3) is 121 Å². The molecule has 9 heterocycles. The van der Waals surface area contributed by atoms with Crippen LogP contribution in [0.4, 0.5) is 0 Å². The molecule has 0 spiro atoms. The molecule has 19 rings (SSSR count). The largest absolute Gasteiger partial charge is 0.476 e. The Hall–Kier alpha value is -10.3. The minimum absolute atomic E-state index is 0. The van der Waals surface area contributed by atoms with Gasteiger partial charge in [-0.05, 0) is 132 Å². The van der Waals surface area contributed by atoms with Crippen molar-refractivity contribution in [2.75, 3.05) is 0 Å². The number of aryl methyl sites for hydroxylation is 3. The molecule has 9 nitrogen and oxygen atoms in total. The first-order chi connectivity index (χ1) is 59.2. The number of fused-ring (bicyclic) bond motifs is 9. The number of benzene rings is 10. The molecule has 1 aliphatic heterocycles. The third-order valence-corrected chi connectivity index (χ3v) is 30.2. The van der Waals surface area contributed by atoms with E-state index in [1.54, 1.807) is 78.9 Å². The zero-order chi connectivity index (χ0) is 87.8. The van der Waals surface area contributed by atoms with Crippen LogP contribution in [0.2, 0.25) is 52.4 Å². The van der Waals surface area contributed by atoms with E-state index in [0.29, 0.717) is 21.0 Å². The van der Waals surface area contributed by atoms with Crippen molar-refractivity contribution in [2.24, 2.45) is 0 Å². The normalized spacial score (nSPS) is 13.1. The van der Waals surface area contributed by atoms with Crippen LogP contribution in [-0.2, 0) is 70.2 Å². The molecule has 0 atom stereocenters. The van der Waals surface area contributed by atoms with Gasteiger partial charge < -0.3 is 34.3 Å². The van der Waals surface area contributed by atoms with E-state index < -0.39 is 54.6 Å². The fourth-order valence-corrected chi connectivity index (χ4v) is 20.3. The summed E-state index contributed by atoms with van der Waals surface area (Å²) in [5.41, 5.74) is 14.0. The van der Waals surface area contributed by atoms with Crippen molar-refractivity contribution in [3.8, 4) is 78.7 Å². The van der Waals surface area contributed by atoms with E-state index in [1.807, 2.05) is 133 Å². The van der Waals surface area contributed by atoms with Crippen LogP contribution in [0.15, 0.2) is 336 Å². The SMILES string of the molecule is C[Si](C)(C)c1ccc(-c2[c-]cc3c(c2)S(=O)(=O)c2ccccc2-3)nc1.C[Si](C)(C)c1ccc(-c2[c-]cc3c(c2)oc2ccccc23)nc1.C[Si](C)(c1ccccc1)c1ccc(-c2[c-]ccc3c2sc2ccccc23)nc1.[2H]C([2H])([2H])c1ccc(-c2[c-]cccc2)nc1.[2H]C([2H])([2H])c1ccc(-c2[c-]cccc2)nc1.[2H]C([2H])([2H])c1cccc(-c2[c-]cccc2)n1.[Ir].[Ir].[Ir]. The summed E-state index contributed by atoms with van der Waals surface area (Å²) >= 11 is 1.83. The van der Waals surface area contributed by atoms with E-state index in [1.165, 1.54) is 59.4 Å². The van der Waals surface area contributed by atoms with Gasteiger partial charge in [0.2, 0.25) is 0 Å². The van der Waals surface area contributed by atoms with Crippen LogP contribution in [0.1, 0.15) is 29.2 Å². The summed E-state index contributed by atoms with van der Waals surface area (Å²) in [5, 5.41) is 10.3. The summed E-state index contributed by atoms with van der Waals surface area (Å²) in [5.74, 6) is 0. The fourth-order valence-electron chi connectivity index (χ4n) is 13.1. The molecular formula is C101H86Ir3N6O3S2Si3-6. The van der Waals surface area contributed by atoms with Gasteiger partial charge in [0.1, 0.15) is 13.7 Å². The van der Waals surface area contributed by atoms with Crippen LogP contribution in [0, 0.1) is 57.0 Å². The van der Waals surface area contributed by atoms with E-state index in [-0.39, 0.29) is 77.1 Å². The third kappa shape index (κ3) is 21.0. The molecule has 18 aromatic rings. The molecule has 118 heavy (non-hydrogen) atoms. The smallest absolute Gasteiger partial charge is 0.189 e. The number of thiophene rings is 1. The molecule has 0 saturated carbocycles. The van der Waals surface area contributed by atoms with Crippen LogP contribution in [-0.4, -0.2) is 62.5 Å². The van der Waals surface area contributed by atoms with Gasteiger partial charge in [-0.1, -0.05) is 238 Å². The van der Waals surface area contributed by atoms with Crippen molar-refractivity contribution < 1.29 is 85.5 Å². The molecule has 0 unspecified atom stereocenters. The molecule has 0 bridgehead atoms. The average Bonchev–Trinajstić information content (AvgIpc) is 1.58. The van der Waals surface area contributed by atoms with Gasteiger partial charge in [-0.3, -0.25) is 0 Å². The Bertz CT molecular complexity index is 6770. The average molecular weight is 2170 g/mol. The zero-order valence-electron chi connectivity index (χ0n) is 74.8. The predicted octanol–water partition coefficient (Wildman–Crippen LogP) is 23.2. The van der Waals surface area contributed by atoms with Gasteiger partial charge in [0.15, 0.2) is 9.84 Å². The van der Waals surface area contributed by atoms with Crippen molar-refractivity contribution >= 4 is 108 Å². The Balaban J connectivity index is 0.000000149. The molecule has 3 radical (unpaired) electrons. The number of aromatic nitrogens is 6. The number of pyridine rings is 6. The number of sulfone groups is 1. The Morgan fingerprint density at radius 2 is 0.864 bits per heavy atom. The van der Waals surface area contributed by atoms with Crippen molar-refractivity contribution in [2.45, 2.75) is 82.7 Å². The summed E-state index contributed by atoms with van der Waals surface area (Å²) in [6, 6.07) is 112. The Morgan fingerprint density at radius 1 is 0.356 bits per heavy atom. The van der Waals surface area contributed by atoms with Crippen LogP contribution in [0.3, 0.4) is 0 Å². The van der Waals surface area contributed by atoms with E-state index in [4.69, 9.17) is 21.7 Å². The van der Waals surface area contributed by atoms with E-state index in [0.717, 1.165) is 89.4 Å². The van der Waals surface area contributed by atoms with Gasteiger partial charge in [-0.2, -0.15) is 11.3 Å². The first-order valence-electron chi connectivity index (χ1n) is 42.0. The maximum absolute atomic E-state index is 12.8. The molecular weight excluding hydrogens is 2070 g/mol. The first kappa shape index (κ1) is 76.4. The standard InChI is InChI=1S/C25H20NSSi.C20H18NO2SSi.C20H18NOSi.3C12H10N.3Ir/c1-28(2,18-9-4-3-5-10-18)19-15-16-23(26-17-19)22-13-8-12-21-20-11-6-7-14-24(20)27-25(21)22;1-25(2,3)15-9-11-18(21-13-15)14-8-10-17-16-6-4-5-7-19(16)24(22,23)20(17)12-14;1-23(2,3)15-9-11-18(21-13-15)14-8-10-17-16-6-4-5-7-19(16)22-20(17)12-14;1-10-6-5-9-12(13-10)11-7-3-2-4-8-11;2*1-10-7-8-12(13-9-10)11-5-3-2-4-6-11;;;/h3-12,14-17H,1-2H3;4-7,9-13H,1-3H3;4-7,9-13H,1-3H3;2-7,9H,1H3;2*2-5,7-9H,1H3;;;/q6*-1;;;/i;;;3*1D3;;;. The number of nitrogens with zero attached hydrogens (tertiary/aromatic N) is 6. The van der Waals surface area contributed by atoms with Gasteiger partial charge in [0.05, 0.1) is 26.6 Å². The second-order valence-electron chi connectivity index (χ2n) is 29.9. The maximum Gasteiger partial charge on any atom is 0.189 e. The summed E-state index contributed by atoms with van der Waals surface area (Å²) in [6.45, 7) is 12.2. The minimum Gasteiger partial charge on any atom is -0.476 e. The van der Waals surface area contributed by atoms with Gasteiger partial charge in [-0.25, -0.2) is 8.42 Å². The molecule has 0 aliphatic carbocycles. The molecule has 0 amide bonds. The quantitative estimate of drug-likeness (QED) is 0.0972. The molecule has 8 aromatic heterocycles. The number of furan rings is 1. The second kappa shape index (κ2) is 39.5. The summed E-state index contributed by atoms with van der Waals surface area (Å²) < 4.78 is 99.4. The topological polar surface area (TPSA) is 125 Å². The number of hydrogen-bond acceptors (Lipinski definition) is 10. The van der Waals surface area contributed by atoms with E-state index in [2.05, 4.69) is 217 Å². The Kier molecular flexibility index (Phi) is 25.6. The third-order valence-electron chi connectivity index (χ3n) is 19.6. The van der Waals surface area contributed by atoms with Gasteiger partial charge in [0.25, 0.3) is 0 Å². The van der Waals surface area contributed by atoms with Crippen molar-refractivity contribution in [1.82, 2.24) is 29.9 Å². The number of para-hydroxylation sites is 1. The van der Waals surface area contributed by atoms with Crippen molar-refractivity contribution in [1.29, 1.82) is 0 Å². The van der Waals surface area contributed by atoms with Gasteiger partial charge in [-0.15, -0.1) is 173 Å². The minimum atomic E-state index is -3.47. The van der Waals surface area contributed by atoms with Gasteiger partial charge in [0, 0.05) is 114 Å². The molecule has 0 saturated heterocycles. The monoisotopic (exact) mass is 2170 g/mol. The zero-order valence-corrected chi connectivity index (χ0v) is 77.6. The number of hydrogen-bond donors (Lipinski definition) is 0. The molecule has 17 heteroatoms. The Labute approximate surface area is 754 Å². The summed E-state index contributed by atoms with van der Waals surface area (Å²) in [6.07, 6.45) is 8.78. The maximum atomic E-state index is 12.8. The molecule has 1 aliphatic rings. The van der Waals surface area contributed by atoms with Crippen LogP contribution in [0.5, 0.6) is 0 Å². The molecule has 0 N–H and O–H groups in total. The van der Waals surface area contributed by atoms with Crippen molar-refractivity contribution in [3.05, 3.63) is 375 Å². The van der Waals surface area contributed by atoms with E-state index >= 15 is 0 Å². The van der Waals surface area contributed by atoms with E-state index in [9.17, 15) is 8.42 Å². The second-order valence-corrected chi connectivity index (χ2v) is 47.4. The molecule has 595 valence electrons. The van der Waals surface area contributed by atoms with Crippen LogP contribution < -0.4 is 20.7 Å². The first-order valence-corrected chi connectivity index (χ1v) is 49.8. The fraction of sp³-hybridized carbons (Fsp3) is 0.109. The van der Waals surface area contributed by atoms with Crippen LogP contribution >= 0.6 is 11.3 Å². The predicted molar refractivity (Wildman–Crippen MR) is 485 cm³/mol. The molecule has 10 aromatic carbocycles. The summed E-state index contributed by atoms with van der Waals surface area (Å²) in [7, 11) is -7.92. The van der Waals surface area contributed by atoms with Gasteiger partial charge >= 0.3 is 0 Å². The Morgan fingerprint density at radius 3 is 1.42 bits per heavy atom.